The number of aryl methyl sites for hydroxylation is 1. The van der Waals surface area contributed by atoms with Crippen LogP contribution >= 0.6 is 15.9 Å². The highest BCUT2D eigenvalue weighted by atomic mass is 79.9. The van der Waals surface area contributed by atoms with E-state index in [4.69, 9.17) is 0 Å². The predicted octanol–water partition coefficient (Wildman–Crippen LogP) is 4.18. The number of nitrogens with zero attached hydrogens (tertiary/aromatic N) is 2. The summed E-state index contributed by atoms with van der Waals surface area (Å²) in [4.78, 5) is 7.55. The predicted molar refractivity (Wildman–Crippen MR) is 73.2 cm³/mol. The van der Waals surface area contributed by atoms with E-state index in [1.54, 1.807) is 6.20 Å². The van der Waals surface area contributed by atoms with Gasteiger partial charge in [0.1, 0.15) is 11.5 Å². The Balaban J connectivity index is 2.02. The van der Waals surface area contributed by atoms with Crippen LogP contribution < -0.4 is 5.32 Å². The molecule has 2 aromatic heterocycles. The van der Waals surface area contributed by atoms with Crippen molar-refractivity contribution in [2.45, 2.75) is 19.6 Å². The standard InChI is InChI=1S/C13H11BrF3N3/c1-8-4-12(20-7-10(8)14)19-6-9-2-3-11(18-5-9)13(15,16)17/h2-5,7H,6H2,1H3,(H,19,20). The molecule has 0 aliphatic rings. The van der Waals surface area contributed by atoms with Crippen LogP contribution in [0.25, 0.3) is 0 Å². The Bertz CT molecular complexity index is 597. The van der Waals surface area contributed by atoms with E-state index >= 15 is 0 Å². The first-order chi connectivity index (χ1) is 9.36. The van der Waals surface area contributed by atoms with Crippen LogP contribution in [0.4, 0.5) is 19.0 Å². The van der Waals surface area contributed by atoms with Gasteiger partial charge in [-0.3, -0.25) is 4.98 Å². The first-order valence-corrected chi connectivity index (χ1v) is 6.54. The molecule has 2 aromatic rings. The lowest BCUT2D eigenvalue weighted by Gasteiger charge is -2.09. The normalized spacial score (nSPS) is 11.4. The highest BCUT2D eigenvalue weighted by Crippen LogP contribution is 2.27. The zero-order chi connectivity index (χ0) is 14.8. The minimum atomic E-state index is -4.41. The molecule has 0 amide bonds. The van der Waals surface area contributed by atoms with Crippen molar-refractivity contribution in [2.24, 2.45) is 0 Å². The van der Waals surface area contributed by atoms with Gasteiger partial charge in [-0.05, 0) is 46.1 Å². The van der Waals surface area contributed by atoms with E-state index in [1.807, 2.05) is 13.0 Å². The Morgan fingerprint density at radius 1 is 1.20 bits per heavy atom. The topological polar surface area (TPSA) is 37.8 Å². The molecule has 20 heavy (non-hydrogen) atoms. The summed E-state index contributed by atoms with van der Waals surface area (Å²) >= 11 is 3.35. The van der Waals surface area contributed by atoms with E-state index in [9.17, 15) is 13.2 Å². The molecule has 0 bridgehead atoms. The van der Waals surface area contributed by atoms with Gasteiger partial charge in [-0.15, -0.1) is 0 Å². The van der Waals surface area contributed by atoms with Crippen LogP contribution in [-0.4, -0.2) is 9.97 Å². The van der Waals surface area contributed by atoms with E-state index in [-0.39, 0.29) is 0 Å². The quantitative estimate of drug-likeness (QED) is 0.906. The lowest BCUT2D eigenvalue weighted by atomic mass is 10.2. The average molecular weight is 346 g/mol. The van der Waals surface area contributed by atoms with Crippen molar-refractivity contribution in [3.8, 4) is 0 Å². The maximum absolute atomic E-state index is 12.4. The molecule has 0 fully saturated rings. The largest absolute Gasteiger partial charge is 0.433 e. The van der Waals surface area contributed by atoms with Crippen molar-refractivity contribution in [1.29, 1.82) is 0 Å². The van der Waals surface area contributed by atoms with Crippen LogP contribution in [0, 0.1) is 6.92 Å². The maximum atomic E-state index is 12.4. The molecule has 0 saturated carbocycles. The second-order valence-electron chi connectivity index (χ2n) is 4.22. The lowest BCUT2D eigenvalue weighted by molar-refractivity contribution is -0.141. The van der Waals surface area contributed by atoms with Gasteiger partial charge in [-0.25, -0.2) is 4.98 Å². The summed E-state index contributed by atoms with van der Waals surface area (Å²) < 4.78 is 38.0. The Hall–Kier alpha value is -1.63. The van der Waals surface area contributed by atoms with E-state index in [0.29, 0.717) is 17.9 Å². The van der Waals surface area contributed by atoms with Gasteiger partial charge in [-0.1, -0.05) is 6.07 Å². The number of hydrogen-bond donors (Lipinski definition) is 1. The van der Waals surface area contributed by atoms with Crippen LogP contribution in [0.5, 0.6) is 0 Å². The number of alkyl halides is 3. The third kappa shape index (κ3) is 3.69. The third-order valence-electron chi connectivity index (χ3n) is 2.64. The van der Waals surface area contributed by atoms with Crippen LogP contribution in [0.1, 0.15) is 16.8 Å². The summed E-state index contributed by atoms with van der Waals surface area (Å²) in [5, 5.41) is 3.03. The van der Waals surface area contributed by atoms with E-state index in [1.165, 1.54) is 12.3 Å². The SMILES string of the molecule is Cc1cc(NCc2ccc(C(F)(F)F)nc2)ncc1Br. The van der Waals surface area contributed by atoms with Crippen molar-refractivity contribution in [3.63, 3.8) is 0 Å². The van der Waals surface area contributed by atoms with Gasteiger partial charge < -0.3 is 5.32 Å². The number of pyridine rings is 2. The van der Waals surface area contributed by atoms with E-state index in [0.717, 1.165) is 16.1 Å². The Morgan fingerprint density at radius 3 is 2.50 bits per heavy atom. The van der Waals surface area contributed by atoms with Gasteiger partial charge in [0.05, 0.1) is 0 Å². The summed E-state index contributed by atoms with van der Waals surface area (Å²) in [5.74, 6) is 0.658. The summed E-state index contributed by atoms with van der Waals surface area (Å²) in [6, 6.07) is 4.22. The average Bonchev–Trinajstić information content (AvgIpc) is 2.40. The van der Waals surface area contributed by atoms with Crippen molar-refractivity contribution in [2.75, 3.05) is 5.32 Å². The molecular formula is C13H11BrF3N3. The van der Waals surface area contributed by atoms with Gasteiger partial charge in [0.2, 0.25) is 0 Å². The minimum Gasteiger partial charge on any atom is -0.366 e. The number of anilines is 1. The van der Waals surface area contributed by atoms with Crippen molar-refractivity contribution < 1.29 is 13.2 Å². The smallest absolute Gasteiger partial charge is 0.366 e. The first-order valence-electron chi connectivity index (χ1n) is 5.74. The molecule has 2 rings (SSSR count). The highest BCUT2D eigenvalue weighted by Gasteiger charge is 2.31. The molecule has 0 aliphatic carbocycles. The van der Waals surface area contributed by atoms with Gasteiger partial charge in [0.15, 0.2) is 0 Å². The Labute approximate surface area is 122 Å². The lowest BCUT2D eigenvalue weighted by Crippen LogP contribution is -2.09. The Kier molecular flexibility index (Phi) is 4.27. The zero-order valence-electron chi connectivity index (χ0n) is 10.5. The maximum Gasteiger partial charge on any atom is 0.433 e. The second-order valence-corrected chi connectivity index (χ2v) is 5.08. The summed E-state index contributed by atoms with van der Waals surface area (Å²) in [7, 11) is 0. The second kappa shape index (κ2) is 5.78. The summed E-state index contributed by atoms with van der Waals surface area (Å²) in [6.07, 6.45) is -1.53. The molecule has 0 aromatic carbocycles. The molecule has 3 nitrogen and oxygen atoms in total. The number of hydrogen-bond acceptors (Lipinski definition) is 3. The fourth-order valence-electron chi connectivity index (χ4n) is 1.53. The van der Waals surface area contributed by atoms with Crippen molar-refractivity contribution >= 4 is 21.7 Å². The molecule has 0 atom stereocenters. The first kappa shape index (κ1) is 14.8. The minimum absolute atomic E-state index is 0.360. The molecule has 7 heteroatoms. The molecule has 2 heterocycles. The van der Waals surface area contributed by atoms with Crippen LogP contribution in [0.3, 0.4) is 0 Å². The fourth-order valence-corrected chi connectivity index (χ4v) is 1.74. The van der Waals surface area contributed by atoms with Gasteiger partial charge in [-0.2, -0.15) is 13.2 Å². The van der Waals surface area contributed by atoms with E-state index in [2.05, 4.69) is 31.2 Å². The molecule has 1 N–H and O–H groups in total. The molecule has 106 valence electrons. The number of nitrogens with one attached hydrogen (secondary N) is 1. The summed E-state index contributed by atoms with van der Waals surface area (Å²) in [5.41, 5.74) is 0.785. The van der Waals surface area contributed by atoms with E-state index < -0.39 is 11.9 Å². The van der Waals surface area contributed by atoms with Crippen molar-refractivity contribution in [1.82, 2.24) is 9.97 Å². The third-order valence-corrected chi connectivity index (χ3v) is 3.47. The van der Waals surface area contributed by atoms with Crippen LogP contribution in [0.2, 0.25) is 0 Å². The molecule has 0 radical (unpaired) electrons. The molecule has 0 unspecified atom stereocenters. The number of aromatic nitrogens is 2. The molecule has 0 spiro atoms. The molecule has 0 aliphatic heterocycles. The van der Waals surface area contributed by atoms with Gasteiger partial charge >= 0.3 is 6.18 Å². The summed E-state index contributed by atoms with van der Waals surface area (Å²) in [6.45, 7) is 2.29. The number of rotatable bonds is 3. The van der Waals surface area contributed by atoms with Gasteiger partial charge in [0, 0.05) is 23.4 Å². The van der Waals surface area contributed by atoms with Crippen molar-refractivity contribution in [3.05, 3.63) is 51.9 Å². The molecule has 0 saturated heterocycles. The highest BCUT2D eigenvalue weighted by molar-refractivity contribution is 9.10. The Morgan fingerprint density at radius 2 is 1.95 bits per heavy atom. The number of halogens is 4. The van der Waals surface area contributed by atoms with Gasteiger partial charge in [0.25, 0.3) is 0 Å². The van der Waals surface area contributed by atoms with Crippen LogP contribution in [-0.2, 0) is 12.7 Å². The monoisotopic (exact) mass is 345 g/mol. The zero-order valence-corrected chi connectivity index (χ0v) is 12.1. The fraction of sp³-hybridized carbons (Fsp3) is 0.231. The molecular weight excluding hydrogens is 335 g/mol. The van der Waals surface area contributed by atoms with Crippen LogP contribution in [0.15, 0.2) is 35.1 Å².